The Bertz CT molecular complexity index is 777. The summed E-state index contributed by atoms with van der Waals surface area (Å²) in [6, 6.07) is 4.34. The maximum absolute atomic E-state index is 12.3. The first-order valence-corrected chi connectivity index (χ1v) is 9.55. The zero-order valence-electron chi connectivity index (χ0n) is 15.6. The lowest BCUT2D eigenvalue weighted by Gasteiger charge is -2.34. The van der Waals surface area contributed by atoms with E-state index in [1.165, 1.54) is 28.0 Å². The predicted molar refractivity (Wildman–Crippen MR) is 105 cm³/mol. The highest BCUT2D eigenvalue weighted by molar-refractivity contribution is 6.36. The standard InChI is InChI=1S/C18H22Cl2N4O4/c1-11(2)22-17(27)18(28)24-7-5-23(6-8-24)15(25)10-21-16(26)13-4-3-12(19)9-14(13)20/h3-4,9,11H,5-8,10H2,1-2H3,(H,21,26)(H,22,27). The SMILES string of the molecule is CC(C)NC(=O)C(=O)N1CCN(C(=O)CNC(=O)c2ccc(Cl)cc2Cl)CC1. The number of hydrogen-bond donors (Lipinski definition) is 2. The third-order valence-electron chi connectivity index (χ3n) is 4.11. The Morgan fingerprint density at radius 2 is 1.64 bits per heavy atom. The van der Waals surface area contributed by atoms with Gasteiger partial charge in [0.15, 0.2) is 0 Å². The number of carbonyl (C=O) groups excluding carboxylic acids is 4. The Balaban J connectivity index is 1.81. The molecule has 1 aliphatic heterocycles. The summed E-state index contributed by atoms with van der Waals surface area (Å²) in [4.78, 5) is 51.3. The molecule has 2 N–H and O–H groups in total. The van der Waals surface area contributed by atoms with Crippen LogP contribution in [-0.2, 0) is 14.4 Å². The average molecular weight is 429 g/mol. The molecule has 1 aliphatic rings. The molecule has 0 radical (unpaired) electrons. The van der Waals surface area contributed by atoms with Crippen LogP contribution in [0.15, 0.2) is 18.2 Å². The van der Waals surface area contributed by atoms with E-state index < -0.39 is 17.7 Å². The van der Waals surface area contributed by atoms with Crippen LogP contribution in [0.25, 0.3) is 0 Å². The first-order chi connectivity index (χ1) is 13.2. The fourth-order valence-electron chi connectivity index (χ4n) is 2.66. The summed E-state index contributed by atoms with van der Waals surface area (Å²) in [7, 11) is 0. The van der Waals surface area contributed by atoms with Crippen LogP contribution in [0.2, 0.25) is 10.0 Å². The lowest BCUT2D eigenvalue weighted by atomic mass is 10.2. The fraction of sp³-hybridized carbons (Fsp3) is 0.444. The van der Waals surface area contributed by atoms with Crippen LogP contribution in [-0.4, -0.2) is 72.2 Å². The molecule has 2 rings (SSSR count). The van der Waals surface area contributed by atoms with E-state index in [1.54, 1.807) is 13.8 Å². The number of amides is 4. The molecule has 1 heterocycles. The number of benzene rings is 1. The molecule has 8 nitrogen and oxygen atoms in total. The van der Waals surface area contributed by atoms with Crippen molar-refractivity contribution in [1.82, 2.24) is 20.4 Å². The van der Waals surface area contributed by atoms with Gasteiger partial charge in [-0.1, -0.05) is 23.2 Å². The quantitative estimate of drug-likeness (QED) is 0.696. The molecule has 10 heteroatoms. The molecule has 4 amide bonds. The summed E-state index contributed by atoms with van der Waals surface area (Å²) in [5.41, 5.74) is 0.227. The van der Waals surface area contributed by atoms with E-state index >= 15 is 0 Å². The van der Waals surface area contributed by atoms with Gasteiger partial charge in [0, 0.05) is 37.2 Å². The molecule has 0 spiro atoms. The largest absolute Gasteiger partial charge is 0.346 e. The Morgan fingerprint density at radius 1 is 1.04 bits per heavy atom. The monoisotopic (exact) mass is 428 g/mol. The van der Waals surface area contributed by atoms with Crippen LogP contribution in [0.3, 0.4) is 0 Å². The summed E-state index contributed by atoms with van der Waals surface area (Å²) >= 11 is 11.8. The molecular formula is C18H22Cl2N4O4. The molecule has 0 aliphatic carbocycles. The number of hydrogen-bond acceptors (Lipinski definition) is 4. The van der Waals surface area contributed by atoms with E-state index in [1.807, 2.05) is 0 Å². The molecule has 0 atom stereocenters. The molecule has 0 aromatic heterocycles. The lowest BCUT2D eigenvalue weighted by Crippen LogP contribution is -2.55. The molecule has 28 heavy (non-hydrogen) atoms. The smallest absolute Gasteiger partial charge is 0.312 e. The van der Waals surface area contributed by atoms with Crippen LogP contribution in [0.1, 0.15) is 24.2 Å². The van der Waals surface area contributed by atoms with Crippen molar-refractivity contribution >= 4 is 46.8 Å². The highest BCUT2D eigenvalue weighted by atomic mass is 35.5. The van der Waals surface area contributed by atoms with Gasteiger partial charge in [0.25, 0.3) is 5.91 Å². The van der Waals surface area contributed by atoms with E-state index in [4.69, 9.17) is 23.2 Å². The first kappa shape index (κ1) is 22.0. The van der Waals surface area contributed by atoms with Crippen molar-refractivity contribution in [2.45, 2.75) is 19.9 Å². The summed E-state index contributed by atoms with van der Waals surface area (Å²) in [5.74, 6) is -2.01. The summed E-state index contributed by atoms with van der Waals surface area (Å²) in [6.07, 6.45) is 0. The molecule has 1 fully saturated rings. The minimum Gasteiger partial charge on any atom is -0.346 e. The number of nitrogens with one attached hydrogen (secondary N) is 2. The highest BCUT2D eigenvalue weighted by Crippen LogP contribution is 2.20. The van der Waals surface area contributed by atoms with Crippen LogP contribution in [0.4, 0.5) is 0 Å². The summed E-state index contributed by atoms with van der Waals surface area (Å²) in [6.45, 7) is 4.44. The van der Waals surface area contributed by atoms with Crippen molar-refractivity contribution in [2.24, 2.45) is 0 Å². The van der Waals surface area contributed by atoms with Crippen molar-refractivity contribution in [3.8, 4) is 0 Å². The van der Waals surface area contributed by atoms with Gasteiger partial charge in [-0.2, -0.15) is 0 Å². The maximum Gasteiger partial charge on any atom is 0.312 e. The molecule has 0 saturated carbocycles. The number of halogens is 2. The van der Waals surface area contributed by atoms with Gasteiger partial charge in [-0.15, -0.1) is 0 Å². The topological polar surface area (TPSA) is 98.8 Å². The van der Waals surface area contributed by atoms with E-state index in [-0.39, 0.29) is 55.3 Å². The molecule has 0 unspecified atom stereocenters. The Kier molecular flexibility index (Phi) is 7.65. The van der Waals surface area contributed by atoms with E-state index in [9.17, 15) is 19.2 Å². The second kappa shape index (κ2) is 9.75. The normalized spacial score (nSPS) is 14.0. The molecule has 1 aromatic carbocycles. The Hall–Kier alpha value is -2.32. The molecule has 1 saturated heterocycles. The van der Waals surface area contributed by atoms with Crippen LogP contribution >= 0.6 is 23.2 Å². The Labute approximate surface area is 173 Å². The van der Waals surface area contributed by atoms with Gasteiger partial charge >= 0.3 is 11.8 Å². The molecular weight excluding hydrogens is 407 g/mol. The number of piperazine rings is 1. The van der Waals surface area contributed by atoms with E-state index in [0.717, 1.165) is 0 Å². The molecule has 152 valence electrons. The van der Waals surface area contributed by atoms with Crippen LogP contribution in [0.5, 0.6) is 0 Å². The number of rotatable bonds is 4. The fourth-order valence-corrected chi connectivity index (χ4v) is 3.16. The number of carbonyl (C=O) groups is 4. The second-order valence-electron chi connectivity index (χ2n) is 6.61. The van der Waals surface area contributed by atoms with Crippen LogP contribution < -0.4 is 10.6 Å². The average Bonchev–Trinajstić information content (AvgIpc) is 2.64. The van der Waals surface area contributed by atoms with Gasteiger partial charge in [0.1, 0.15) is 0 Å². The van der Waals surface area contributed by atoms with Gasteiger partial charge in [-0.3, -0.25) is 19.2 Å². The van der Waals surface area contributed by atoms with Gasteiger partial charge < -0.3 is 20.4 Å². The zero-order chi connectivity index (χ0) is 20.8. The molecule has 0 bridgehead atoms. The zero-order valence-corrected chi connectivity index (χ0v) is 17.1. The van der Waals surface area contributed by atoms with Crippen LogP contribution in [0, 0.1) is 0 Å². The maximum atomic E-state index is 12.3. The predicted octanol–water partition coefficient (Wildman–Crippen LogP) is 0.919. The Morgan fingerprint density at radius 3 is 2.21 bits per heavy atom. The van der Waals surface area contributed by atoms with E-state index in [0.29, 0.717) is 5.02 Å². The minimum atomic E-state index is -0.651. The summed E-state index contributed by atoms with van der Waals surface area (Å²) < 4.78 is 0. The van der Waals surface area contributed by atoms with Crippen molar-refractivity contribution in [1.29, 1.82) is 0 Å². The van der Waals surface area contributed by atoms with Crippen molar-refractivity contribution in [3.05, 3.63) is 33.8 Å². The third kappa shape index (κ3) is 5.84. The third-order valence-corrected chi connectivity index (χ3v) is 4.66. The van der Waals surface area contributed by atoms with Gasteiger partial charge in [0.05, 0.1) is 17.1 Å². The minimum absolute atomic E-state index is 0.128. The van der Waals surface area contributed by atoms with Gasteiger partial charge in [0.2, 0.25) is 5.91 Å². The van der Waals surface area contributed by atoms with Crippen molar-refractivity contribution in [3.63, 3.8) is 0 Å². The molecule has 1 aromatic rings. The van der Waals surface area contributed by atoms with Crippen molar-refractivity contribution in [2.75, 3.05) is 32.7 Å². The summed E-state index contributed by atoms with van der Waals surface area (Å²) in [5, 5.41) is 5.69. The van der Waals surface area contributed by atoms with Gasteiger partial charge in [-0.05, 0) is 32.0 Å². The first-order valence-electron chi connectivity index (χ1n) is 8.80. The highest BCUT2D eigenvalue weighted by Gasteiger charge is 2.28. The lowest BCUT2D eigenvalue weighted by molar-refractivity contribution is -0.148. The van der Waals surface area contributed by atoms with Crippen molar-refractivity contribution < 1.29 is 19.2 Å². The van der Waals surface area contributed by atoms with E-state index in [2.05, 4.69) is 10.6 Å². The van der Waals surface area contributed by atoms with Gasteiger partial charge in [-0.25, -0.2) is 0 Å². The second-order valence-corrected chi connectivity index (χ2v) is 7.45. The number of nitrogens with zero attached hydrogens (tertiary/aromatic N) is 2.